The molecule has 3 rings (SSSR count). The fourth-order valence-corrected chi connectivity index (χ4v) is 3.04. The van der Waals surface area contributed by atoms with Crippen molar-refractivity contribution in [1.82, 2.24) is 25.3 Å². The van der Waals surface area contributed by atoms with E-state index in [1.54, 1.807) is 20.0 Å². The van der Waals surface area contributed by atoms with Crippen LogP contribution in [-0.4, -0.2) is 44.1 Å². The number of aryl methyl sites for hydroxylation is 2. The highest BCUT2D eigenvalue weighted by atomic mass is 19.3. The quantitative estimate of drug-likeness (QED) is 0.893. The van der Waals surface area contributed by atoms with Gasteiger partial charge < -0.3 is 10.4 Å². The fourth-order valence-electron chi connectivity index (χ4n) is 3.04. The number of nitrogens with zero attached hydrogens (tertiary/aromatic N) is 4. The summed E-state index contributed by atoms with van der Waals surface area (Å²) in [6.07, 6.45) is -0.172. The van der Waals surface area contributed by atoms with Crippen LogP contribution in [0.25, 0.3) is 11.4 Å². The molecule has 1 fully saturated rings. The van der Waals surface area contributed by atoms with Crippen LogP contribution < -0.4 is 5.32 Å². The van der Waals surface area contributed by atoms with Gasteiger partial charge in [-0.05, 0) is 18.6 Å². The molecule has 0 spiro atoms. The van der Waals surface area contributed by atoms with Gasteiger partial charge >= 0.3 is 0 Å². The number of nitrogens with one attached hydrogen (secondary N) is 1. The van der Waals surface area contributed by atoms with Gasteiger partial charge in [0.15, 0.2) is 0 Å². The van der Waals surface area contributed by atoms with Crippen LogP contribution in [0.2, 0.25) is 0 Å². The summed E-state index contributed by atoms with van der Waals surface area (Å²) in [5.41, 5.74) is 3.17. The summed E-state index contributed by atoms with van der Waals surface area (Å²) in [7, 11) is 1.69. The maximum Gasteiger partial charge on any atom is 0.260 e. The molecule has 23 heavy (non-hydrogen) atoms. The van der Waals surface area contributed by atoms with Crippen molar-refractivity contribution in [2.24, 2.45) is 7.05 Å². The molecule has 0 amide bonds. The number of piperidine rings is 1. The predicted octanol–water partition coefficient (Wildman–Crippen LogP) is 1.39. The molecule has 1 aliphatic heterocycles. The van der Waals surface area contributed by atoms with Gasteiger partial charge in [0.25, 0.3) is 5.92 Å². The van der Waals surface area contributed by atoms with Crippen LogP contribution in [0.15, 0.2) is 12.1 Å². The molecule has 0 bridgehead atoms. The van der Waals surface area contributed by atoms with Crippen LogP contribution in [-0.2, 0) is 13.7 Å². The maximum atomic E-state index is 13.6. The molecule has 1 atom stereocenters. The fraction of sp³-hybridized carbons (Fsp3) is 0.533. The van der Waals surface area contributed by atoms with Gasteiger partial charge in [-0.25, -0.2) is 13.5 Å². The van der Waals surface area contributed by atoms with Crippen LogP contribution >= 0.6 is 0 Å². The summed E-state index contributed by atoms with van der Waals surface area (Å²) >= 11 is 0. The highest BCUT2D eigenvalue weighted by Crippen LogP contribution is 2.34. The minimum Gasteiger partial charge on any atom is -0.390 e. The third-order valence-electron chi connectivity index (χ3n) is 4.22. The predicted molar refractivity (Wildman–Crippen MR) is 80.1 cm³/mol. The first-order chi connectivity index (χ1) is 10.9. The average molecular weight is 323 g/mol. The number of aromatic nitrogens is 4. The van der Waals surface area contributed by atoms with Crippen LogP contribution in [0.1, 0.15) is 29.3 Å². The Hall–Kier alpha value is -1.93. The van der Waals surface area contributed by atoms with E-state index in [9.17, 15) is 13.9 Å². The van der Waals surface area contributed by atoms with Gasteiger partial charge in [0.05, 0.1) is 24.5 Å². The van der Waals surface area contributed by atoms with Gasteiger partial charge in [-0.15, -0.1) is 5.10 Å². The third-order valence-corrected chi connectivity index (χ3v) is 4.22. The molecular weight excluding hydrogens is 304 g/mol. The van der Waals surface area contributed by atoms with E-state index in [1.165, 1.54) is 4.68 Å². The molecule has 3 heterocycles. The second-order valence-corrected chi connectivity index (χ2v) is 5.93. The van der Waals surface area contributed by atoms with Crippen LogP contribution in [0.4, 0.5) is 8.78 Å². The molecule has 2 aromatic heterocycles. The lowest BCUT2D eigenvalue weighted by Crippen LogP contribution is -2.43. The Morgan fingerprint density at radius 2 is 2.22 bits per heavy atom. The Morgan fingerprint density at radius 3 is 2.87 bits per heavy atom. The number of aliphatic hydroxyl groups is 1. The van der Waals surface area contributed by atoms with Gasteiger partial charge in [-0.3, -0.25) is 4.98 Å². The van der Waals surface area contributed by atoms with Crippen LogP contribution in [0, 0.1) is 6.92 Å². The Kier molecular flexibility index (Phi) is 4.11. The number of hydrogen-bond donors (Lipinski definition) is 2. The number of rotatable bonds is 3. The first kappa shape index (κ1) is 15.9. The number of halogens is 2. The first-order valence-corrected chi connectivity index (χ1v) is 7.47. The lowest BCUT2D eigenvalue weighted by Gasteiger charge is -2.30. The Labute approximate surface area is 132 Å². The zero-order valence-corrected chi connectivity index (χ0v) is 13.1. The highest BCUT2D eigenvalue weighted by Gasteiger charge is 2.37. The second kappa shape index (κ2) is 5.93. The molecule has 124 valence electrons. The van der Waals surface area contributed by atoms with Crippen molar-refractivity contribution in [3.63, 3.8) is 0 Å². The van der Waals surface area contributed by atoms with Crippen molar-refractivity contribution in [3.05, 3.63) is 29.1 Å². The lowest BCUT2D eigenvalue weighted by atomic mass is 9.88. The zero-order chi connectivity index (χ0) is 16.6. The Bertz CT molecular complexity index is 716. The molecule has 1 unspecified atom stereocenters. The monoisotopic (exact) mass is 323 g/mol. The third kappa shape index (κ3) is 3.09. The molecular formula is C15H19F2N5O. The van der Waals surface area contributed by atoms with Crippen LogP contribution in [0.5, 0.6) is 0 Å². The second-order valence-electron chi connectivity index (χ2n) is 5.93. The Morgan fingerprint density at radius 1 is 1.43 bits per heavy atom. The van der Waals surface area contributed by atoms with Crippen molar-refractivity contribution >= 4 is 0 Å². The Balaban J connectivity index is 1.92. The van der Waals surface area contributed by atoms with E-state index in [0.717, 1.165) is 5.56 Å². The van der Waals surface area contributed by atoms with E-state index in [2.05, 4.69) is 20.6 Å². The number of hydrogen-bond acceptors (Lipinski definition) is 5. The molecule has 0 saturated carbocycles. The SMILES string of the molecule is Cc1nc(-c2nnn(C)c2CO)ccc1C1CNCC(F)(F)C1. The van der Waals surface area contributed by atoms with Gasteiger partial charge in [0.1, 0.15) is 5.69 Å². The van der Waals surface area contributed by atoms with Crippen molar-refractivity contribution < 1.29 is 13.9 Å². The summed E-state index contributed by atoms with van der Waals surface area (Å²) in [5.74, 6) is -2.96. The number of alkyl halides is 2. The molecule has 0 radical (unpaired) electrons. The van der Waals surface area contributed by atoms with Crippen molar-refractivity contribution in [3.8, 4) is 11.4 Å². The van der Waals surface area contributed by atoms with Crippen molar-refractivity contribution in [2.75, 3.05) is 13.1 Å². The van der Waals surface area contributed by atoms with E-state index in [-0.39, 0.29) is 25.5 Å². The van der Waals surface area contributed by atoms with Crippen molar-refractivity contribution in [1.29, 1.82) is 0 Å². The molecule has 1 saturated heterocycles. The van der Waals surface area contributed by atoms with E-state index >= 15 is 0 Å². The zero-order valence-electron chi connectivity index (χ0n) is 13.1. The van der Waals surface area contributed by atoms with Gasteiger partial charge in [0, 0.05) is 31.6 Å². The highest BCUT2D eigenvalue weighted by molar-refractivity contribution is 5.57. The van der Waals surface area contributed by atoms with Crippen molar-refractivity contribution in [2.45, 2.75) is 31.8 Å². The van der Waals surface area contributed by atoms with E-state index in [1.807, 2.05) is 6.07 Å². The molecule has 2 aromatic rings. The smallest absolute Gasteiger partial charge is 0.260 e. The lowest BCUT2D eigenvalue weighted by molar-refractivity contribution is -0.0278. The molecule has 0 aliphatic carbocycles. The molecule has 1 aliphatic rings. The summed E-state index contributed by atoms with van der Waals surface area (Å²) < 4.78 is 28.7. The van der Waals surface area contributed by atoms with Crippen LogP contribution in [0.3, 0.4) is 0 Å². The number of pyridine rings is 1. The average Bonchev–Trinajstić information content (AvgIpc) is 2.87. The van der Waals surface area contributed by atoms with E-state index < -0.39 is 5.92 Å². The molecule has 0 aromatic carbocycles. The molecule has 2 N–H and O–H groups in total. The minimum absolute atomic E-state index is 0.172. The summed E-state index contributed by atoms with van der Waals surface area (Å²) in [6.45, 7) is 1.86. The minimum atomic E-state index is -2.69. The van der Waals surface area contributed by atoms with E-state index in [0.29, 0.717) is 29.3 Å². The normalized spacial score (nSPS) is 20.7. The molecule has 6 nitrogen and oxygen atoms in total. The molecule has 8 heteroatoms. The number of aliphatic hydroxyl groups excluding tert-OH is 1. The standard InChI is InChI=1S/C15H19F2N5O/c1-9-11(10-5-15(16,17)8-18-6-10)3-4-12(19-9)14-13(7-23)22(2)21-20-14/h3-4,10,18,23H,5-8H2,1-2H3. The topological polar surface area (TPSA) is 75.9 Å². The summed E-state index contributed by atoms with van der Waals surface area (Å²) in [6, 6.07) is 3.57. The van der Waals surface area contributed by atoms with E-state index in [4.69, 9.17) is 0 Å². The van der Waals surface area contributed by atoms with Gasteiger partial charge in [0.2, 0.25) is 0 Å². The largest absolute Gasteiger partial charge is 0.390 e. The maximum absolute atomic E-state index is 13.6. The van der Waals surface area contributed by atoms with Gasteiger partial charge in [-0.2, -0.15) is 0 Å². The van der Waals surface area contributed by atoms with Gasteiger partial charge in [-0.1, -0.05) is 11.3 Å². The summed E-state index contributed by atoms with van der Waals surface area (Å²) in [5, 5.41) is 20.1. The first-order valence-electron chi connectivity index (χ1n) is 7.47. The summed E-state index contributed by atoms with van der Waals surface area (Å²) in [4.78, 5) is 4.49.